The zero-order valence-corrected chi connectivity index (χ0v) is 17.2. The van der Waals surface area contributed by atoms with E-state index in [0.29, 0.717) is 11.6 Å². The molecule has 5 aromatic rings. The third kappa shape index (κ3) is 4.18. The highest BCUT2D eigenvalue weighted by atomic mass is 19.1. The van der Waals surface area contributed by atoms with Gasteiger partial charge >= 0.3 is 0 Å². The normalized spacial score (nSPS) is 11.0. The predicted molar refractivity (Wildman–Crippen MR) is 121 cm³/mol. The summed E-state index contributed by atoms with van der Waals surface area (Å²) in [7, 11) is 0. The van der Waals surface area contributed by atoms with Gasteiger partial charge in [0, 0.05) is 41.3 Å². The van der Waals surface area contributed by atoms with Gasteiger partial charge in [-0.3, -0.25) is 9.67 Å². The number of hydrogen-bond donors (Lipinski definition) is 0. The maximum absolute atomic E-state index is 12.9. The van der Waals surface area contributed by atoms with Crippen molar-refractivity contribution in [1.82, 2.24) is 24.7 Å². The number of rotatable bonds is 7. The highest BCUT2D eigenvalue weighted by molar-refractivity contribution is 5.80. The Morgan fingerprint density at radius 2 is 1.72 bits per heavy atom. The van der Waals surface area contributed by atoms with Gasteiger partial charge in [-0.2, -0.15) is 5.10 Å². The number of ether oxygens (including phenoxy) is 1. The molecule has 0 spiro atoms. The van der Waals surface area contributed by atoms with Crippen LogP contribution < -0.4 is 4.74 Å². The summed E-state index contributed by atoms with van der Waals surface area (Å²) in [4.78, 5) is 13.0. The third-order valence-corrected chi connectivity index (χ3v) is 5.10. The minimum atomic E-state index is -0.472. The SMILES string of the molecule is FCCn1cc(-c2ccncc2)c(-c2ccc(OCc3ncc4ccccc4n3)cc2)n1. The molecule has 158 valence electrons. The zero-order valence-electron chi connectivity index (χ0n) is 17.2. The zero-order chi connectivity index (χ0) is 21.8. The van der Waals surface area contributed by atoms with Gasteiger partial charge in [-0.05, 0) is 48.0 Å². The lowest BCUT2D eigenvalue weighted by atomic mass is 10.0. The van der Waals surface area contributed by atoms with Crippen LogP contribution in [0.1, 0.15) is 5.82 Å². The van der Waals surface area contributed by atoms with Gasteiger partial charge in [0.2, 0.25) is 0 Å². The molecule has 0 saturated carbocycles. The molecular formula is C25H20FN5O. The number of aryl methyl sites for hydroxylation is 1. The Labute approximate surface area is 184 Å². The van der Waals surface area contributed by atoms with Crippen LogP contribution in [0.5, 0.6) is 5.75 Å². The molecule has 0 aliphatic heterocycles. The van der Waals surface area contributed by atoms with E-state index in [1.54, 1.807) is 23.3 Å². The van der Waals surface area contributed by atoms with Gasteiger partial charge in [0.05, 0.1) is 12.1 Å². The van der Waals surface area contributed by atoms with Crippen LogP contribution in [0.15, 0.2) is 85.5 Å². The molecule has 6 nitrogen and oxygen atoms in total. The Morgan fingerprint density at radius 1 is 0.906 bits per heavy atom. The molecule has 3 heterocycles. The Hall–Kier alpha value is -4.13. The van der Waals surface area contributed by atoms with Crippen LogP contribution in [0.4, 0.5) is 4.39 Å². The van der Waals surface area contributed by atoms with E-state index in [4.69, 9.17) is 4.74 Å². The Kier molecular flexibility index (Phi) is 5.53. The third-order valence-electron chi connectivity index (χ3n) is 5.10. The first-order valence-electron chi connectivity index (χ1n) is 10.3. The largest absolute Gasteiger partial charge is 0.486 e. The number of fused-ring (bicyclic) bond motifs is 1. The van der Waals surface area contributed by atoms with Crippen LogP contribution in [0.25, 0.3) is 33.3 Å². The number of pyridine rings is 1. The summed E-state index contributed by atoms with van der Waals surface area (Å²) in [5.41, 5.74) is 4.51. The number of alkyl halides is 1. The second-order valence-corrected chi connectivity index (χ2v) is 7.24. The molecule has 0 saturated heterocycles. The van der Waals surface area contributed by atoms with Crippen LogP contribution in [-0.4, -0.2) is 31.4 Å². The van der Waals surface area contributed by atoms with Crippen LogP contribution in [-0.2, 0) is 13.2 Å². The summed E-state index contributed by atoms with van der Waals surface area (Å²) in [6.45, 7) is 0.0170. The molecule has 0 N–H and O–H groups in total. The number of para-hydroxylation sites is 1. The molecule has 3 aromatic heterocycles. The summed E-state index contributed by atoms with van der Waals surface area (Å²) in [6, 6.07) is 19.4. The second kappa shape index (κ2) is 8.93. The number of nitrogens with zero attached hydrogens (tertiary/aromatic N) is 5. The standard InChI is InChI=1S/C25H20FN5O/c26-11-14-31-16-22(18-9-12-27-13-10-18)25(30-31)19-5-7-21(8-6-19)32-17-24-28-15-20-3-1-2-4-23(20)29-24/h1-10,12-13,15-16H,11,14,17H2. The molecule has 7 heteroatoms. The molecule has 5 rings (SSSR count). The summed E-state index contributed by atoms with van der Waals surface area (Å²) in [5, 5.41) is 5.59. The van der Waals surface area contributed by atoms with E-state index in [-0.39, 0.29) is 13.2 Å². The fourth-order valence-corrected chi connectivity index (χ4v) is 3.52. The van der Waals surface area contributed by atoms with Gasteiger partial charge in [0.15, 0.2) is 5.82 Å². The van der Waals surface area contributed by atoms with Crippen molar-refractivity contribution >= 4 is 10.9 Å². The van der Waals surface area contributed by atoms with E-state index >= 15 is 0 Å². The number of benzene rings is 2. The van der Waals surface area contributed by atoms with Gasteiger partial charge in [-0.25, -0.2) is 14.4 Å². The summed E-state index contributed by atoms with van der Waals surface area (Å²) < 4.78 is 20.4. The monoisotopic (exact) mass is 425 g/mol. The van der Waals surface area contributed by atoms with Crippen molar-refractivity contribution in [2.45, 2.75) is 13.2 Å². The van der Waals surface area contributed by atoms with Crippen molar-refractivity contribution in [2.24, 2.45) is 0 Å². The smallest absolute Gasteiger partial charge is 0.166 e. The fourth-order valence-electron chi connectivity index (χ4n) is 3.52. The van der Waals surface area contributed by atoms with E-state index in [0.717, 1.165) is 33.3 Å². The average Bonchev–Trinajstić information content (AvgIpc) is 3.28. The Bertz CT molecular complexity index is 1340. The molecule has 0 fully saturated rings. The van der Waals surface area contributed by atoms with E-state index < -0.39 is 6.67 Å². The second-order valence-electron chi connectivity index (χ2n) is 7.24. The number of hydrogen-bond acceptors (Lipinski definition) is 5. The van der Waals surface area contributed by atoms with E-state index in [1.807, 2.05) is 66.9 Å². The van der Waals surface area contributed by atoms with Gasteiger partial charge in [0.25, 0.3) is 0 Å². The minimum absolute atomic E-state index is 0.213. The fraction of sp³-hybridized carbons (Fsp3) is 0.120. The van der Waals surface area contributed by atoms with Crippen LogP contribution in [0, 0.1) is 0 Å². The Morgan fingerprint density at radius 3 is 2.53 bits per heavy atom. The molecule has 32 heavy (non-hydrogen) atoms. The van der Waals surface area contributed by atoms with Crippen LogP contribution in [0.2, 0.25) is 0 Å². The molecule has 0 aliphatic carbocycles. The van der Waals surface area contributed by atoms with Crippen molar-refractivity contribution in [3.8, 4) is 28.1 Å². The first-order valence-corrected chi connectivity index (χ1v) is 10.3. The summed E-state index contributed by atoms with van der Waals surface area (Å²) in [6.07, 6.45) is 7.14. The average molecular weight is 425 g/mol. The van der Waals surface area contributed by atoms with Crippen molar-refractivity contribution in [2.75, 3.05) is 6.67 Å². The van der Waals surface area contributed by atoms with E-state index in [2.05, 4.69) is 20.1 Å². The molecule has 0 bridgehead atoms. The maximum Gasteiger partial charge on any atom is 0.166 e. The predicted octanol–water partition coefficient (Wildman–Crippen LogP) is 5.10. The maximum atomic E-state index is 12.9. The summed E-state index contributed by atoms with van der Waals surface area (Å²) in [5.74, 6) is 1.33. The lowest BCUT2D eigenvalue weighted by Crippen LogP contribution is -2.01. The van der Waals surface area contributed by atoms with Gasteiger partial charge in [-0.1, -0.05) is 18.2 Å². The van der Waals surface area contributed by atoms with Gasteiger partial charge in [0.1, 0.15) is 24.7 Å². The lowest BCUT2D eigenvalue weighted by molar-refractivity contribution is 0.296. The molecule has 0 unspecified atom stereocenters. The quantitative estimate of drug-likeness (QED) is 0.363. The van der Waals surface area contributed by atoms with Crippen LogP contribution in [0.3, 0.4) is 0 Å². The van der Waals surface area contributed by atoms with Crippen LogP contribution >= 0.6 is 0 Å². The van der Waals surface area contributed by atoms with Crippen molar-refractivity contribution in [3.63, 3.8) is 0 Å². The molecule has 2 aromatic carbocycles. The van der Waals surface area contributed by atoms with E-state index in [1.165, 1.54) is 0 Å². The molecule has 0 aliphatic rings. The Balaban J connectivity index is 1.36. The van der Waals surface area contributed by atoms with E-state index in [9.17, 15) is 4.39 Å². The van der Waals surface area contributed by atoms with Crippen molar-refractivity contribution < 1.29 is 9.13 Å². The first kappa shape index (κ1) is 19.8. The molecule has 0 amide bonds. The highest BCUT2D eigenvalue weighted by Crippen LogP contribution is 2.31. The number of halogens is 1. The van der Waals surface area contributed by atoms with Crippen molar-refractivity contribution in [1.29, 1.82) is 0 Å². The lowest BCUT2D eigenvalue weighted by Gasteiger charge is -2.07. The first-order chi connectivity index (χ1) is 15.8. The van der Waals surface area contributed by atoms with Crippen molar-refractivity contribution in [3.05, 3.63) is 91.3 Å². The minimum Gasteiger partial charge on any atom is -0.486 e. The summed E-state index contributed by atoms with van der Waals surface area (Å²) >= 11 is 0. The van der Waals surface area contributed by atoms with Gasteiger partial charge in [-0.15, -0.1) is 0 Å². The highest BCUT2D eigenvalue weighted by Gasteiger charge is 2.13. The molecule has 0 radical (unpaired) electrons. The topological polar surface area (TPSA) is 65.7 Å². The number of aromatic nitrogens is 5. The van der Waals surface area contributed by atoms with Gasteiger partial charge < -0.3 is 4.74 Å². The molecular weight excluding hydrogens is 405 g/mol. The molecule has 0 atom stereocenters.